The zero-order chi connectivity index (χ0) is 12.2. The van der Waals surface area contributed by atoms with Gasteiger partial charge < -0.3 is 5.11 Å². The molecule has 1 rings (SSSR count). The van der Waals surface area contributed by atoms with Crippen molar-refractivity contribution in [2.45, 2.75) is 19.3 Å². The van der Waals surface area contributed by atoms with Crippen LogP contribution in [0.1, 0.15) is 19.3 Å². The highest BCUT2D eigenvalue weighted by Crippen LogP contribution is 2.31. The van der Waals surface area contributed by atoms with E-state index in [4.69, 9.17) is 5.11 Å². The minimum atomic E-state index is -3.33. The molecule has 0 aromatic rings. The van der Waals surface area contributed by atoms with Crippen LogP contribution in [0.4, 0.5) is 0 Å². The lowest BCUT2D eigenvalue weighted by Gasteiger charge is -2.15. The van der Waals surface area contributed by atoms with E-state index in [1.165, 1.54) is 6.08 Å². The van der Waals surface area contributed by atoms with Crippen molar-refractivity contribution < 1.29 is 18.3 Å². The number of rotatable bonds is 6. The van der Waals surface area contributed by atoms with Crippen LogP contribution in [-0.2, 0) is 14.8 Å². The summed E-state index contributed by atoms with van der Waals surface area (Å²) in [5.41, 5.74) is 0. The summed E-state index contributed by atoms with van der Waals surface area (Å²) < 4.78 is 25.1. The maximum atomic E-state index is 11.3. The molecule has 0 amide bonds. The predicted octanol–water partition coefficient (Wildman–Crippen LogP) is 0.593. The number of hydrogen-bond donors (Lipinski definition) is 2. The average Bonchev–Trinajstić information content (AvgIpc) is 2.62. The molecule has 0 spiro atoms. The van der Waals surface area contributed by atoms with Gasteiger partial charge in [0.05, 0.1) is 11.7 Å². The van der Waals surface area contributed by atoms with Crippen LogP contribution in [-0.4, -0.2) is 31.8 Å². The highest BCUT2D eigenvalue weighted by Gasteiger charge is 2.33. The number of carbonyl (C=O) groups is 1. The van der Waals surface area contributed by atoms with Crippen LogP contribution in [0.2, 0.25) is 0 Å². The second-order valence-corrected chi connectivity index (χ2v) is 5.91. The monoisotopic (exact) mass is 247 g/mol. The number of nitrogens with one attached hydrogen (secondary N) is 1. The smallest absolute Gasteiger partial charge is 0.306 e. The lowest BCUT2D eigenvalue weighted by atomic mass is 9.97. The second-order valence-electron chi connectivity index (χ2n) is 4.05. The van der Waals surface area contributed by atoms with Gasteiger partial charge >= 0.3 is 5.97 Å². The highest BCUT2D eigenvalue weighted by molar-refractivity contribution is 7.89. The molecule has 2 atom stereocenters. The van der Waals surface area contributed by atoms with Crippen LogP contribution in [0.5, 0.6) is 0 Å². The first-order chi connectivity index (χ1) is 7.46. The van der Waals surface area contributed by atoms with Crippen molar-refractivity contribution >= 4 is 16.0 Å². The number of carboxylic acid groups (broad SMARTS) is 1. The minimum Gasteiger partial charge on any atom is -0.481 e. The molecule has 0 bridgehead atoms. The Labute approximate surface area is 95.6 Å². The van der Waals surface area contributed by atoms with E-state index in [1.54, 1.807) is 0 Å². The first-order valence-electron chi connectivity index (χ1n) is 5.27. The van der Waals surface area contributed by atoms with Gasteiger partial charge in [0.15, 0.2) is 0 Å². The number of hydrogen-bond acceptors (Lipinski definition) is 3. The Morgan fingerprint density at radius 1 is 1.50 bits per heavy atom. The summed E-state index contributed by atoms with van der Waals surface area (Å²) in [6, 6.07) is 0. The summed E-state index contributed by atoms with van der Waals surface area (Å²) in [4.78, 5) is 10.9. The fourth-order valence-electron chi connectivity index (χ4n) is 2.05. The molecule has 1 aliphatic rings. The van der Waals surface area contributed by atoms with E-state index in [1.807, 2.05) is 0 Å². The molecular weight excluding hydrogens is 230 g/mol. The van der Waals surface area contributed by atoms with E-state index < -0.39 is 21.9 Å². The van der Waals surface area contributed by atoms with Crippen molar-refractivity contribution in [3.8, 4) is 0 Å². The van der Waals surface area contributed by atoms with E-state index in [0.29, 0.717) is 6.42 Å². The summed E-state index contributed by atoms with van der Waals surface area (Å²) in [6.07, 6.45) is 3.58. The van der Waals surface area contributed by atoms with E-state index in [9.17, 15) is 13.2 Å². The molecule has 16 heavy (non-hydrogen) atoms. The SMILES string of the molecule is C=CCS(=O)(=O)NCC1CCCC1C(=O)O. The summed E-state index contributed by atoms with van der Waals surface area (Å²) >= 11 is 0. The van der Waals surface area contributed by atoms with Gasteiger partial charge in [0, 0.05) is 6.54 Å². The Morgan fingerprint density at radius 3 is 2.75 bits per heavy atom. The number of aliphatic carboxylic acids is 1. The van der Waals surface area contributed by atoms with Crippen LogP contribution in [0, 0.1) is 11.8 Å². The molecule has 0 aromatic heterocycles. The van der Waals surface area contributed by atoms with Gasteiger partial charge in [0.2, 0.25) is 10.0 Å². The van der Waals surface area contributed by atoms with Crippen molar-refractivity contribution in [2.75, 3.05) is 12.3 Å². The fourth-order valence-corrected chi connectivity index (χ4v) is 2.95. The third-order valence-corrected chi connectivity index (χ3v) is 4.16. The van der Waals surface area contributed by atoms with E-state index in [2.05, 4.69) is 11.3 Å². The molecule has 1 fully saturated rings. The molecule has 0 aliphatic heterocycles. The van der Waals surface area contributed by atoms with Gasteiger partial charge in [-0.05, 0) is 18.8 Å². The molecule has 2 unspecified atom stereocenters. The third kappa shape index (κ3) is 3.61. The third-order valence-electron chi connectivity index (χ3n) is 2.88. The summed E-state index contributed by atoms with van der Waals surface area (Å²) in [5.74, 6) is -1.45. The van der Waals surface area contributed by atoms with Gasteiger partial charge in [-0.25, -0.2) is 13.1 Å². The lowest BCUT2D eigenvalue weighted by molar-refractivity contribution is -0.142. The predicted molar refractivity (Wildman–Crippen MR) is 60.5 cm³/mol. The zero-order valence-electron chi connectivity index (χ0n) is 9.05. The van der Waals surface area contributed by atoms with Crippen LogP contribution < -0.4 is 4.72 Å². The molecule has 2 N–H and O–H groups in total. The number of carboxylic acids is 1. The zero-order valence-corrected chi connectivity index (χ0v) is 9.87. The molecule has 0 radical (unpaired) electrons. The van der Waals surface area contributed by atoms with Crippen molar-refractivity contribution in [3.05, 3.63) is 12.7 Å². The van der Waals surface area contributed by atoms with Crippen LogP contribution in [0.3, 0.4) is 0 Å². The first kappa shape index (κ1) is 13.2. The summed E-state index contributed by atoms with van der Waals surface area (Å²) in [5, 5.41) is 8.92. The molecule has 0 aromatic carbocycles. The molecule has 5 nitrogen and oxygen atoms in total. The maximum Gasteiger partial charge on any atom is 0.306 e. The summed E-state index contributed by atoms with van der Waals surface area (Å²) in [6.45, 7) is 3.57. The van der Waals surface area contributed by atoms with Crippen molar-refractivity contribution in [1.29, 1.82) is 0 Å². The molecular formula is C10H17NO4S. The van der Waals surface area contributed by atoms with Gasteiger partial charge in [-0.1, -0.05) is 12.5 Å². The maximum absolute atomic E-state index is 11.3. The highest BCUT2D eigenvalue weighted by atomic mass is 32.2. The van der Waals surface area contributed by atoms with Crippen LogP contribution in [0.15, 0.2) is 12.7 Å². The van der Waals surface area contributed by atoms with Crippen molar-refractivity contribution in [1.82, 2.24) is 4.72 Å². The van der Waals surface area contributed by atoms with Crippen LogP contribution in [0.25, 0.3) is 0 Å². The molecule has 1 saturated carbocycles. The van der Waals surface area contributed by atoms with Crippen molar-refractivity contribution in [3.63, 3.8) is 0 Å². The normalized spacial score (nSPS) is 25.5. The van der Waals surface area contributed by atoms with Gasteiger partial charge in [-0.2, -0.15) is 0 Å². The molecule has 0 saturated heterocycles. The standard InChI is InChI=1S/C10H17NO4S/c1-2-6-16(14,15)11-7-8-4-3-5-9(8)10(12)13/h2,8-9,11H,1,3-7H2,(H,12,13). The molecule has 1 aliphatic carbocycles. The van der Waals surface area contributed by atoms with Gasteiger partial charge in [-0.15, -0.1) is 6.58 Å². The Balaban J connectivity index is 2.49. The van der Waals surface area contributed by atoms with E-state index >= 15 is 0 Å². The Bertz CT molecular complexity index is 363. The molecule has 92 valence electrons. The van der Waals surface area contributed by atoms with Gasteiger partial charge in [-0.3, -0.25) is 4.79 Å². The number of sulfonamides is 1. The van der Waals surface area contributed by atoms with Crippen LogP contribution >= 0.6 is 0 Å². The quantitative estimate of drug-likeness (QED) is 0.673. The second kappa shape index (κ2) is 5.45. The van der Waals surface area contributed by atoms with Gasteiger partial charge in [0.25, 0.3) is 0 Å². The van der Waals surface area contributed by atoms with Crippen molar-refractivity contribution in [2.24, 2.45) is 11.8 Å². The Kier molecular flexibility index (Phi) is 4.49. The molecule has 6 heteroatoms. The largest absolute Gasteiger partial charge is 0.481 e. The Hall–Kier alpha value is -0.880. The molecule has 0 heterocycles. The first-order valence-corrected chi connectivity index (χ1v) is 6.92. The van der Waals surface area contributed by atoms with E-state index in [-0.39, 0.29) is 18.2 Å². The minimum absolute atomic E-state index is 0.0860. The topological polar surface area (TPSA) is 83.5 Å². The van der Waals surface area contributed by atoms with Gasteiger partial charge in [0.1, 0.15) is 0 Å². The average molecular weight is 247 g/mol. The summed E-state index contributed by atoms with van der Waals surface area (Å²) in [7, 11) is -3.33. The fraction of sp³-hybridized carbons (Fsp3) is 0.700. The Morgan fingerprint density at radius 2 is 2.19 bits per heavy atom. The lowest BCUT2D eigenvalue weighted by Crippen LogP contribution is -2.34. The van der Waals surface area contributed by atoms with E-state index in [0.717, 1.165) is 12.8 Å².